The molecule has 1 N–H and O–H groups in total. The largest absolute Gasteiger partial charge is 1.00 e. The third-order valence-electron chi connectivity index (χ3n) is 1.34. The predicted octanol–water partition coefficient (Wildman–Crippen LogP) is -1.96. The van der Waals surface area contributed by atoms with Crippen LogP contribution in [0.25, 0.3) is 0 Å². The van der Waals surface area contributed by atoms with Crippen LogP contribution in [0.15, 0.2) is 30.3 Å². The molecule has 0 unspecified atom stereocenters. The molecule has 0 amide bonds. The van der Waals surface area contributed by atoms with Crippen LogP contribution in [0.1, 0.15) is 11.8 Å². The Kier molecular flexibility index (Phi) is 6.19. The molecule has 0 radical (unpaired) electrons. The van der Waals surface area contributed by atoms with Crippen LogP contribution in [0.5, 0.6) is 0 Å². The fourth-order valence-corrected chi connectivity index (χ4v) is 0.785. The molecule has 0 aromatic heterocycles. The van der Waals surface area contributed by atoms with E-state index in [2.05, 4.69) is 4.74 Å². The molecule has 1 aromatic rings. The Labute approximate surface area is 105 Å². The molecule has 14 heavy (non-hydrogen) atoms. The van der Waals surface area contributed by atoms with Crippen molar-refractivity contribution in [3.8, 4) is 0 Å². The number of carboxylic acids is 1. The van der Waals surface area contributed by atoms with Crippen LogP contribution in [0, 0.1) is 0 Å². The topological polar surface area (TPSA) is 63.6 Å². The van der Waals surface area contributed by atoms with E-state index in [0.29, 0.717) is 5.56 Å². The van der Waals surface area contributed by atoms with Crippen molar-refractivity contribution < 1.29 is 50.4 Å². The van der Waals surface area contributed by atoms with Crippen molar-refractivity contribution in [2.75, 3.05) is 6.61 Å². The number of carbonyl (C=O) groups excluding carboxylic acids is 1. The average Bonchev–Trinajstić information content (AvgIpc) is 2.15. The summed E-state index contributed by atoms with van der Waals surface area (Å²) in [5, 5.41) is 8.23. The van der Waals surface area contributed by atoms with Gasteiger partial charge in [0.05, 0.1) is 5.56 Å². The summed E-state index contributed by atoms with van der Waals surface area (Å²) in [6.45, 7) is -0.603. The monoisotopic (exact) mass is 204 g/mol. The Morgan fingerprint density at radius 1 is 1.29 bits per heavy atom. The fraction of sp³-hybridized carbons (Fsp3) is 0.111. The van der Waals surface area contributed by atoms with E-state index in [4.69, 9.17) is 5.11 Å². The quantitative estimate of drug-likeness (QED) is 0.459. The van der Waals surface area contributed by atoms with Crippen molar-refractivity contribution in [3.05, 3.63) is 35.9 Å². The van der Waals surface area contributed by atoms with Crippen molar-refractivity contribution in [2.45, 2.75) is 0 Å². The van der Waals surface area contributed by atoms with Gasteiger partial charge in [-0.25, -0.2) is 9.59 Å². The number of benzene rings is 1. The van der Waals surface area contributed by atoms with Gasteiger partial charge in [0.1, 0.15) is 0 Å². The number of ether oxygens (including phenoxy) is 1. The van der Waals surface area contributed by atoms with Crippen LogP contribution in [0.4, 0.5) is 0 Å². The van der Waals surface area contributed by atoms with Crippen LogP contribution in [-0.4, -0.2) is 23.7 Å². The van der Waals surface area contributed by atoms with Gasteiger partial charge in [0.25, 0.3) is 0 Å². The standard InChI is InChI=1S/C9H8O4.Na.H/c10-8(11)6-13-9(12)7-4-2-1-3-5-7;;/h1-5H,6H2,(H,10,11);;/q;+1;-1. The van der Waals surface area contributed by atoms with E-state index in [1.165, 1.54) is 0 Å². The Balaban J connectivity index is 0. The minimum Gasteiger partial charge on any atom is -1.00 e. The fourth-order valence-electron chi connectivity index (χ4n) is 0.785. The van der Waals surface area contributed by atoms with Gasteiger partial charge >= 0.3 is 41.5 Å². The number of rotatable bonds is 3. The average molecular weight is 204 g/mol. The van der Waals surface area contributed by atoms with Crippen LogP contribution >= 0.6 is 0 Å². The number of hydrogen-bond donors (Lipinski definition) is 1. The van der Waals surface area contributed by atoms with Crippen LogP contribution in [0.3, 0.4) is 0 Å². The van der Waals surface area contributed by atoms with Gasteiger partial charge in [-0.2, -0.15) is 0 Å². The Morgan fingerprint density at radius 3 is 2.36 bits per heavy atom. The van der Waals surface area contributed by atoms with Crippen LogP contribution in [0.2, 0.25) is 0 Å². The van der Waals surface area contributed by atoms with E-state index in [-0.39, 0.29) is 31.0 Å². The van der Waals surface area contributed by atoms with Gasteiger partial charge in [-0.15, -0.1) is 0 Å². The van der Waals surface area contributed by atoms with Gasteiger partial charge in [0.2, 0.25) is 0 Å². The molecule has 0 aliphatic carbocycles. The molecule has 5 heteroatoms. The van der Waals surface area contributed by atoms with Gasteiger partial charge < -0.3 is 11.3 Å². The van der Waals surface area contributed by atoms with Crippen molar-refractivity contribution in [1.82, 2.24) is 0 Å². The molecule has 70 valence electrons. The predicted molar refractivity (Wildman–Crippen MR) is 45.5 cm³/mol. The molecule has 1 rings (SSSR count). The molecule has 0 heterocycles. The minimum absolute atomic E-state index is 0. The van der Waals surface area contributed by atoms with Gasteiger partial charge in [-0.1, -0.05) is 18.2 Å². The number of carboxylic acid groups (broad SMARTS) is 1. The van der Waals surface area contributed by atoms with E-state index in [0.717, 1.165) is 0 Å². The molecule has 0 spiro atoms. The molecule has 0 saturated carbocycles. The summed E-state index contributed by atoms with van der Waals surface area (Å²) in [6, 6.07) is 8.23. The second-order valence-electron chi connectivity index (χ2n) is 2.34. The van der Waals surface area contributed by atoms with Gasteiger partial charge in [-0.3, -0.25) is 0 Å². The normalized spacial score (nSPS) is 8.57. The van der Waals surface area contributed by atoms with E-state index in [1.54, 1.807) is 30.3 Å². The molecule has 0 fully saturated rings. The molecule has 4 nitrogen and oxygen atoms in total. The van der Waals surface area contributed by atoms with Crippen LogP contribution in [-0.2, 0) is 9.53 Å². The SMILES string of the molecule is O=C(O)COC(=O)c1ccccc1.[H-].[Na+]. The number of esters is 1. The first kappa shape index (κ1) is 13.2. The summed E-state index contributed by atoms with van der Waals surface area (Å²) in [6.07, 6.45) is 0. The maximum absolute atomic E-state index is 11.1. The van der Waals surface area contributed by atoms with Gasteiger partial charge in [0, 0.05) is 0 Å². The van der Waals surface area contributed by atoms with Crippen molar-refractivity contribution in [2.24, 2.45) is 0 Å². The molecule has 0 aliphatic heterocycles. The maximum atomic E-state index is 11.1. The zero-order valence-electron chi connectivity index (χ0n) is 8.77. The van der Waals surface area contributed by atoms with E-state index in [1.807, 2.05) is 0 Å². The Bertz CT molecular complexity index is 315. The molecule has 0 saturated heterocycles. The number of hydrogen-bond acceptors (Lipinski definition) is 3. The number of aliphatic carboxylic acids is 1. The van der Waals surface area contributed by atoms with Crippen LogP contribution < -0.4 is 29.6 Å². The molecule has 1 aromatic carbocycles. The van der Waals surface area contributed by atoms with E-state index in [9.17, 15) is 9.59 Å². The van der Waals surface area contributed by atoms with Gasteiger partial charge in [0.15, 0.2) is 6.61 Å². The summed E-state index contributed by atoms with van der Waals surface area (Å²) < 4.78 is 4.45. The first-order valence-corrected chi connectivity index (χ1v) is 3.64. The molecule has 0 aliphatic rings. The Hall–Kier alpha value is -0.840. The summed E-state index contributed by atoms with van der Waals surface area (Å²) >= 11 is 0. The zero-order valence-corrected chi connectivity index (χ0v) is 9.77. The summed E-state index contributed by atoms with van der Waals surface area (Å²) in [7, 11) is 0. The molecule has 0 atom stereocenters. The van der Waals surface area contributed by atoms with Crippen molar-refractivity contribution in [3.63, 3.8) is 0 Å². The van der Waals surface area contributed by atoms with Gasteiger partial charge in [-0.05, 0) is 12.1 Å². The maximum Gasteiger partial charge on any atom is 1.00 e. The molecular weight excluding hydrogens is 195 g/mol. The second kappa shape index (κ2) is 6.59. The van der Waals surface area contributed by atoms with E-state index >= 15 is 0 Å². The zero-order chi connectivity index (χ0) is 9.68. The van der Waals surface area contributed by atoms with E-state index < -0.39 is 18.5 Å². The molecule has 0 bridgehead atoms. The van der Waals surface area contributed by atoms with Crippen molar-refractivity contribution in [1.29, 1.82) is 0 Å². The summed E-state index contributed by atoms with van der Waals surface area (Å²) in [5.41, 5.74) is 0.351. The second-order valence-corrected chi connectivity index (χ2v) is 2.34. The molecular formula is C9H9NaO4. The smallest absolute Gasteiger partial charge is 1.00 e. The summed E-state index contributed by atoms with van der Waals surface area (Å²) in [5.74, 6) is -1.78. The first-order chi connectivity index (χ1) is 6.20. The minimum atomic E-state index is -1.16. The van der Waals surface area contributed by atoms with Crippen molar-refractivity contribution >= 4 is 11.9 Å². The third kappa shape index (κ3) is 4.41. The number of carbonyl (C=O) groups is 2. The third-order valence-corrected chi connectivity index (χ3v) is 1.34. The first-order valence-electron chi connectivity index (χ1n) is 3.64. The summed E-state index contributed by atoms with van der Waals surface area (Å²) in [4.78, 5) is 21.1. The Morgan fingerprint density at radius 2 is 1.86 bits per heavy atom.